The fraction of sp³-hybridized carbons (Fsp3) is 0.200. The quantitative estimate of drug-likeness (QED) is 0.529. The molecule has 1 atom stereocenters. The van der Waals surface area contributed by atoms with E-state index < -0.39 is 12.0 Å². The van der Waals surface area contributed by atoms with Crippen LogP contribution in [0.15, 0.2) is 75.7 Å². The molecule has 4 rings (SSSR count). The van der Waals surface area contributed by atoms with Crippen LogP contribution in [0.25, 0.3) is 6.08 Å². The highest BCUT2D eigenvalue weighted by Gasteiger charge is 2.33. The highest BCUT2D eigenvalue weighted by atomic mass is 32.1. The highest BCUT2D eigenvalue weighted by Crippen LogP contribution is 2.30. The molecule has 7 nitrogen and oxygen atoms in total. The van der Waals surface area contributed by atoms with Gasteiger partial charge in [-0.05, 0) is 31.6 Å². The Balaban J connectivity index is 1.92. The lowest BCUT2D eigenvalue weighted by Gasteiger charge is -2.24. The molecule has 0 N–H and O–H groups in total. The van der Waals surface area contributed by atoms with E-state index in [9.17, 15) is 9.59 Å². The summed E-state index contributed by atoms with van der Waals surface area (Å²) in [5.41, 5.74) is 2.07. The number of carbonyl (C=O) groups is 1. The first kappa shape index (κ1) is 22.2. The van der Waals surface area contributed by atoms with Crippen molar-refractivity contribution < 1.29 is 14.3 Å². The first-order valence-electron chi connectivity index (χ1n) is 10.4. The molecule has 0 unspecified atom stereocenters. The van der Waals surface area contributed by atoms with Crippen molar-refractivity contribution in [2.45, 2.75) is 19.9 Å². The Morgan fingerprint density at radius 3 is 2.67 bits per heavy atom. The molecule has 1 aromatic heterocycles. The van der Waals surface area contributed by atoms with Crippen LogP contribution in [-0.2, 0) is 9.53 Å². The van der Waals surface area contributed by atoms with Crippen LogP contribution < -0.4 is 19.6 Å². The third kappa shape index (κ3) is 4.36. The van der Waals surface area contributed by atoms with Crippen molar-refractivity contribution in [2.75, 3.05) is 13.2 Å². The van der Waals surface area contributed by atoms with Crippen LogP contribution in [0.1, 0.15) is 31.0 Å². The van der Waals surface area contributed by atoms with Crippen LogP contribution in [0.2, 0.25) is 0 Å². The third-order valence-electron chi connectivity index (χ3n) is 5.13. The number of hydrogen-bond acceptors (Lipinski definition) is 7. The van der Waals surface area contributed by atoms with Crippen LogP contribution in [0.4, 0.5) is 0 Å². The second-order valence-electron chi connectivity index (χ2n) is 7.20. The Hall–Kier alpha value is -3.96. The monoisotopic (exact) mass is 459 g/mol. The number of fused-ring (bicyclic) bond motifs is 1. The normalized spacial score (nSPS) is 15.4. The van der Waals surface area contributed by atoms with Crippen molar-refractivity contribution in [3.63, 3.8) is 0 Å². The number of allylic oxidation sites excluding steroid dienone is 1. The molecule has 1 aliphatic heterocycles. The van der Waals surface area contributed by atoms with Crippen LogP contribution >= 0.6 is 11.3 Å². The molecule has 0 bridgehead atoms. The summed E-state index contributed by atoms with van der Waals surface area (Å²) in [6.45, 7) is 3.62. The Labute approximate surface area is 194 Å². The standard InChI is InChI=1S/C25H21N3O4S/c1-3-31-24(30)21-16(2)27-25-28(22(21)17-9-5-4-6-10-17)23(29)20(33-25)15-18-11-7-8-12-19(18)32-14-13-26/h4-12,15,22H,3,14H2,1-2H3/b20-15-/t22-/m0/s1. The lowest BCUT2D eigenvalue weighted by molar-refractivity contribution is -0.139. The minimum atomic E-state index is -0.645. The molecule has 0 spiro atoms. The maximum atomic E-state index is 13.6. The molecule has 0 amide bonds. The maximum absolute atomic E-state index is 13.6. The SMILES string of the molecule is CCOC(=O)C1=C(C)N=c2s/c(=C\c3ccccc3OCC#N)c(=O)n2[C@H]1c1ccccc1. The number of benzene rings is 2. The molecule has 0 fully saturated rings. The number of carbonyl (C=O) groups excluding carboxylic acids is 1. The van der Waals surface area contributed by atoms with E-state index >= 15 is 0 Å². The zero-order chi connectivity index (χ0) is 23.4. The molecule has 33 heavy (non-hydrogen) atoms. The predicted octanol–water partition coefficient (Wildman–Crippen LogP) is 2.70. The predicted molar refractivity (Wildman–Crippen MR) is 124 cm³/mol. The average Bonchev–Trinajstić information content (AvgIpc) is 3.12. The highest BCUT2D eigenvalue weighted by molar-refractivity contribution is 7.07. The number of nitrogens with zero attached hydrogens (tertiary/aromatic N) is 3. The lowest BCUT2D eigenvalue weighted by Crippen LogP contribution is -2.39. The van der Waals surface area contributed by atoms with Crippen molar-refractivity contribution >= 4 is 23.4 Å². The van der Waals surface area contributed by atoms with E-state index in [1.807, 2.05) is 48.5 Å². The number of aromatic nitrogens is 1. The molecular weight excluding hydrogens is 438 g/mol. The Kier molecular flexibility index (Phi) is 6.52. The van der Waals surface area contributed by atoms with E-state index in [0.29, 0.717) is 31.9 Å². The van der Waals surface area contributed by atoms with Gasteiger partial charge in [0.2, 0.25) is 0 Å². The van der Waals surface area contributed by atoms with Gasteiger partial charge in [0.05, 0.1) is 28.5 Å². The van der Waals surface area contributed by atoms with E-state index in [0.717, 1.165) is 5.56 Å². The minimum Gasteiger partial charge on any atom is -0.478 e. The van der Waals surface area contributed by atoms with E-state index in [-0.39, 0.29) is 18.8 Å². The topological polar surface area (TPSA) is 93.7 Å². The second-order valence-corrected chi connectivity index (χ2v) is 8.21. The van der Waals surface area contributed by atoms with Crippen molar-refractivity contribution in [1.29, 1.82) is 5.26 Å². The van der Waals surface area contributed by atoms with Crippen LogP contribution in [0.3, 0.4) is 0 Å². The average molecular weight is 460 g/mol. The van der Waals surface area contributed by atoms with E-state index in [4.69, 9.17) is 14.7 Å². The molecule has 0 radical (unpaired) electrons. The molecular formula is C25H21N3O4S. The van der Waals surface area contributed by atoms with Crippen LogP contribution in [0.5, 0.6) is 5.75 Å². The third-order valence-corrected chi connectivity index (χ3v) is 6.11. The van der Waals surface area contributed by atoms with Gasteiger partial charge in [-0.3, -0.25) is 9.36 Å². The van der Waals surface area contributed by atoms with Gasteiger partial charge in [-0.15, -0.1) is 0 Å². The summed E-state index contributed by atoms with van der Waals surface area (Å²) in [6, 6.07) is 17.9. The van der Waals surface area contributed by atoms with Crippen molar-refractivity contribution in [1.82, 2.24) is 4.57 Å². The Bertz CT molecular complexity index is 1450. The molecule has 0 saturated heterocycles. The smallest absolute Gasteiger partial charge is 0.338 e. The molecule has 3 aromatic rings. The number of nitriles is 1. The van der Waals surface area contributed by atoms with Crippen molar-refractivity contribution in [3.05, 3.63) is 96.7 Å². The maximum Gasteiger partial charge on any atom is 0.338 e. The van der Waals surface area contributed by atoms with Gasteiger partial charge in [0, 0.05) is 5.56 Å². The van der Waals surface area contributed by atoms with Crippen molar-refractivity contribution in [2.24, 2.45) is 4.99 Å². The number of esters is 1. The van der Waals surface area contributed by atoms with Gasteiger partial charge in [0.25, 0.3) is 5.56 Å². The first-order chi connectivity index (χ1) is 16.0. The van der Waals surface area contributed by atoms with Gasteiger partial charge in [0.15, 0.2) is 11.4 Å². The van der Waals surface area contributed by atoms with Crippen LogP contribution in [-0.4, -0.2) is 23.8 Å². The molecule has 0 aliphatic carbocycles. The van der Waals surface area contributed by atoms with Gasteiger partial charge < -0.3 is 9.47 Å². The molecule has 8 heteroatoms. The number of thiazole rings is 1. The van der Waals surface area contributed by atoms with Gasteiger partial charge in [0.1, 0.15) is 11.8 Å². The number of ether oxygens (including phenoxy) is 2. The summed E-state index contributed by atoms with van der Waals surface area (Å²) in [6.07, 6.45) is 1.72. The summed E-state index contributed by atoms with van der Waals surface area (Å²) in [7, 11) is 0. The molecule has 2 aromatic carbocycles. The lowest BCUT2D eigenvalue weighted by atomic mass is 9.96. The van der Waals surface area contributed by atoms with Gasteiger partial charge in [-0.2, -0.15) is 5.26 Å². The van der Waals surface area contributed by atoms with Gasteiger partial charge in [-0.25, -0.2) is 9.79 Å². The van der Waals surface area contributed by atoms with Crippen molar-refractivity contribution in [3.8, 4) is 11.8 Å². The second kappa shape index (κ2) is 9.67. The van der Waals surface area contributed by atoms with Gasteiger partial charge >= 0.3 is 5.97 Å². The summed E-state index contributed by atoms with van der Waals surface area (Å²) < 4.78 is 12.8. The zero-order valence-electron chi connectivity index (χ0n) is 18.1. The fourth-order valence-corrected chi connectivity index (χ4v) is 4.76. The van der Waals surface area contributed by atoms with E-state index in [1.54, 1.807) is 36.6 Å². The molecule has 2 heterocycles. The largest absolute Gasteiger partial charge is 0.478 e. The van der Waals surface area contributed by atoms with E-state index in [2.05, 4.69) is 4.99 Å². The molecule has 0 saturated carbocycles. The summed E-state index contributed by atoms with van der Waals surface area (Å²) in [5, 5.41) is 8.84. The first-order valence-corrected chi connectivity index (χ1v) is 11.2. The van der Waals surface area contributed by atoms with Gasteiger partial charge in [-0.1, -0.05) is 59.9 Å². The Morgan fingerprint density at radius 2 is 1.94 bits per heavy atom. The zero-order valence-corrected chi connectivity index (χ0v) is 19.0. The van der Waals surface area contributed by atoms with E-state index in [1.165, 1.54) is 11.3 Å². The summed E-state index contributed by atoms with van der Waals surface area (Å²) in [5.74, 6) is 0.0185. The summed E-state index contributed by atoms with van der Waals surface area (Å²) >= 11 is 1.24. The fourth-order valence-electron chi connectivity index (χ4n) is 3.72. The number of hydrogen-bond donors (Lipinski definition) is 0. The minimum absolute atomic E-state index is 0.0950. The number of rotatable bonds is 6. The Morgan fingerprint density at radius 1 is 1.21 bits per heavy atom. The van der Waals surface area contributed by atoms with Crippen LogP contribution in [0, 0.1) is 11.3 Å². The summed E-state index contributed by atoms with van der Waals surface area (Å²) in [4.78, 5) is 31.5. The molecule has 166 valence electrons. The molecule has 1 aliphatic rings. The number of para-hydroxylation sites is 1.